The molecular formula is C51H49BN2. The number of allylic oxidation sites excluding steroid dienone is 3. The molecule has 0 amide bonds. The first-order chi connectivity index (χ1) is 26.0. The van der Waals surface area contributed by atoms with Crippen molar-refractivity contribution in [2.75, 3.05) is 9.80 Å². The van der Waals surface area contributed by atoms with E-state index in [0.717, 1.165) is 6.42 Å². The molecule has 0 spiro atoms. The lowest BCUT2D eigenvalue weighted by Crippen LogP contribution is -2.58. The number of hydrogen-bond donors (Lipinski definition) is 0. The van der Waals surface area contributed by atoms with Crippen molar-refractivity contribution in [1.82, 2.24) is 0 Å². The summed E-state index contributed by atoms with van der Waals surface area (Å²) in [6.07, 6.45) is 3.50. The molecule has 2 heterocycles. The smallest absolute Gasteiger partial charge is 0.251 e. The highest BCUT2D eigenvalue weighted by Crippen LogP contribution is 2.52. The van der Waals surface area contributed by atoms with E-state index < -0.39 is 0 Å². The van der Waals surface area contributed by atoms with E-state index in [0.29, 0.717) is 5.92 Å². The second-order valence-corrected chi connectivity index (χ2v) is 17.4. The van der Waals surface area contributed by atoms with Gasteiger partial charge in [-0.05, 0) is 86.1 Å². The summed E-state index contributed by atoms with van der Waals surface area (Å²) in [6.45, 7) is 16.6. The van der Waals surface area contributed by atoms with Crippen LogP contribution in [-0.2, 0) is 10.8 Å². The van der Waals surface area contributed by atoms with Crippen LogP contribution in [-0.4, -0.2) is 6.71 Å². The van der Waals surface area contributed by atoms with Gasteiger partial charge in [-0.2, -0.15) is 0 Å². The molecule has 3 heteroatoms. The van der Waals surface area contributed by atoms with Crippen molar-refractivity contribution in [3.63, 3.8) is 0 Å². The molecule has 1 atom stereocenters. The molecule has 54 heavy (non-hydrogen) atoms. The highest BCUT2D eigenvalue weighted by molar-refractivity contribution is 6.94. The Morgan fingerprint density at radius 3 is 1.44 bits per heavy atom. The standard InChI is InChI=1S/C51H49BN2/c1-34-26-29-47-48-49(34)54(44-25-17-15-23-40(44)36-20-12-9-13-21-36)46-31-28-38(51(5,6)7)33-42(46)52(48)41-32-37(50(2,3)4)27-30-45(41)53(47)43-24-16-14-22-39(43)35-18-10-8-11-19-35/h8-25,27-34H,26H2,1-7H3. The predicted molar refractivity (Wildman–Crippen MR) is 232 cm³/mol. The third kappa shape index (κ3) is 5.56. The summed E-state index contributed by atoms with van der Waals surface area (Å²) in [6, 6.07) is 54.5. The van der Waals surface area contributed by atoms with Crippen molar-refractivity contribution in [3.05, 3.63) is 180 Å². The topological polar surface area (TPSA) is 6.48 Å². The summed E-state index contributed by atoms with van der Waals surface area (Å²) in [5.74, 6) is 0.309. The quantitative estimate of drug-likeness (QED) is 0.169. The molecule has 0 N–H and O–H groups in total. The van der Waals surface area contributed by atoms with E-state index in [1.807, 2.05) is 0 Å². The van der Waals surface area contributed by atoms with Crippen LogP contribution in [0.15, 0.2) is 169 Å². The highest BCUT2D eigenvalue weighted by atomic mass is 15.2. The molecule has 6 aromatic carbocycles. The monoisotopic (exact) mass is 700 g/mol. The Morgan fingerprint density at radius 2 is 0.944 bits per heavy atom. The number of anilines is 4. The Hall–Kier alpha value is -5.54. The van der Waals surface area contributed by atoms with E-state index in [1.165, 1.54) is 83.9 Å². The fourth-order valence-corrected chi connectivity index (χ4v) is 8.98. The molecule has 1 aliphatic carbocycles. The van der Waals surface area contributed by atoms with Gasteiger partial charge in [0, 0.05) is 33.9 Å². The zero-order valence-corrected chi connectivity index (χ0v) is 32.7. The van der Waals surface area contributed by atoms with Crippen LogP contribution in [0.3, 0.4) is 0 Å². The van der Waals surface area contributed by atoms with Gasteiger partial charge in [-0.3, -0.25) is 0 Å². The molecule has 3 aliphatic rings. The van der Waals surface area contributed by atoms with Crippen molar-refractivity contribution in [2.45, 2.75) is 65.7 Å². The van der Waals surface area contributed by atoms with Crippen LogP contribution in [0.5, 0.6) is 0 Å². The Morgan fingerprint density at radius 1 is 0.500 bits per heavy atom. The maximum absolute atomic E-state index is 2.65. The molecule has 6 aromatic rings. The number of fused-ring (bicyclic) bond motifs is 4. The first-order valence-electron chi connectivity index (χ1n) is 19.6. The molecule has 0 radical (unpaired) electrons. The van der Waals surface area contributed by atoms with Crippen LogP contribution < -0.4 is 20.7 Å². The minimum atomic E-state index is 0.000400. The van der Waals surface area contributed by atoms with Gasteiger partial charge in [0.25, 0.3) is 6.71 Å². The van der Waals surface area contributed by atoms with E-state index in [9.17, 15) is 0 Å². The summed E-state index contributed by atoms with van der Waals surface area (Å²) in [5.41, 5.74) is 19.6. The number of nitrogens with zero attached hydrogens (tertiary/aromatic N) is 2. The van der Waals surface area contributed by atoms with Gasteiger partial charge in [0.05, 0.1) is 11.4 Å². The van der Waals surface area contributed by atoms with E-state index in [1.54, 1.807) is 0 Å². The SMILES string of the molecule is CC1CC=C2C3=C1N(c1ccccc1-c1ccccc1)c1ccc(C(C)(C)C)cc1B3c1cc(C(C)(C)C)ccc1N2c1ccccc1-c1ccccc1. The number of rotatable bonds is 4. The maximum Gasteiger partial charge on any atom is 0.251 e. The average molecular weight is 701 g/mol. The minimum Gasteiger partial charge on any atom is -0.314 e. The van der Waals surface area contributed by atoms with Gasteiger partial charge in [0.1, 0.15) is 0 Å². The van der Waals surface area contributed by atoms with Crippen molar-refractivity contribution in [1.29, 1.82) is 0 Å². The van der Waals surface area contributed by atoms with E-state index in [2.05, 4.69) is 210 Å². The number of hydrogen-bond acceptors (Lipinski definition) is 2. The van der Waals surface area contributed by atoms with Crippen molar-refractivity contribution in [3.8, 4) is 22.3 Å². The zero-order valence-electron chi connectivity index (χ0n) is 32.7. The molecule has 266 valence electrons. The fourth-order valence-electron chi connectivity index (χ4n) is 8.98. The van der Waals surface area contributed by atoms with Gasteiger partial charge < -0.3 is 9.80 Å². The summed E-state index contributed by atoms with van der Waals surface area (Å²) in [4.78, 5) is 5.25. The number of para-hydroxylation sites is 2. The molecule has 0 aromatic heterocycles. The van der Waals surface area contributed by atoms with E-state index >= 15 is 0 Å². The minimum absolute atomic E-state index is 0.000400. The van der Waals surface area contributed by atoms with Crippen LogP contribution in [0.4, 0.5) is 22.7 Å². The largest absolute Gasteiger partial charge is 0.314 e. The first kappa shape index (κ1) is 34.2. The van der Waals surface area contributed by atoms with E-state index in [-0.39, 0.29) is 17.5 Å². The lowest BCUT2D eigenvalue weighted by Gasteiger charge is -2.50. The summed E-state index contributed by atoms with van der Waals surface area (Å²) in [5, 5.41) is 0. The molecule has 2 aliphatic heterocycles. The normalized spacial score (nSPS) is 16.5. The Labute approximate surface area is 322 Å². The molecule has 2 nitrogen and oxygen atoms in total. The third-order valence-electron chi connectivity index (χ3n) is 11.8. The highest BCUT2D eigenvalue weighted by Gasteiger charge is 2.48. The third-order valence-corrected chi connectivity index (χ3v) is 11.8. The van der Waals surface area contributed by atoms with Gasteiger partial charge in [-0.1, -0.05) is 176 Å². The van der Waals surface area contributed by atoms with Crippen LogP contribution in [0.25, 0.3) is 22.3 Å². The second-order valence-electron chi connectivity index (χ2n) is 17.4. The zero-order chi connectivity index (χ0) is 37.4. The van der Waals surface area contributed by atoms with Gasteiger partial charge in [-0.15, -0.1) is 0 Å². The molecule has 0 bridgehead atoms. The molecule has 9 rings (SSSR count). The van der Waals surface area contributed by atoms with Crippen LogP contribution in [0.1, 0.15) is 66.0 Å². The van der Waals surface area contributed by atoms with Gasteiger partial charge in [-0.25, -0.2) is 0 Å². The van der Waals surface area contributed by atoms with Gasteiger partial charge in [0.15, 0.2) is 0 Å². The summed E-state index contributed by atoms with van der Waals surface area (Å²) < 4.78 is 0. The molecule has 1 unspecified atom stereocenters. The average Bonchev–Trinajstić information content (AvgIpc) is 3.18. The Balaban J connectivity index is 1.40. The Kier molecular flexibility index (Phi) is 8.12. The molecule has 0 saturated heterocycles. The van der Waals surface area contributed by atoms with Crippen molar-refractivity contribution in [2.24, 2.45) is 5.92 Å². The second kappa shape index (κ2) is 12.8. The summed E-state index contributed by atoms with van der Waals surface area (Å²) >= 11 is 0. The molecule has 0 fully saturated rings. The van der Waals surface area contributed by atoms with Crippen LogP contribution >= 0.6 is 0 Å². The van der Waals surface area contributed by atoms with Crippen LogP contribution in [0, 0.1) is 5.92 Å². The summed E-state index contributed by atoms with van der Waals surface area (Å²) in [7, 11) is 0. The first-order valence-corrected chi connectivity index (χ1v) is 19.6. The predicted octanol–water partition coefficient (Wildman–Crippen LogP) is 12.2. The molecular weight excluding hydrogens is 651 g/mol. The molecule has 0 saturated carbocycles. The lowest BCUT2D eigenvalue weighted by atomic mass is 9.31. The van der Waals surface area contributed by atoms with E-state index in [4.69, 9.17) is 0 Å². The number of benzene rings is 6. The van der Waals surface area contributed by atoms with Crippen molar-refractivity contribution >= 4 is 40.4 Å². The Bertz CT molecular complexity index is 2460. The van der Waals surface area contributed by atoms with Crippen LogP contribution in [0.2, 0.25) is 0 Å². The fraction of sp³-hybridized carbons (Fsp3) is 0.216. The van der Waals surface area contributed by atoms with Crippen molar-refractivity contribution < 1.29 is 0 Å². The lowest BCUT2D eigenvalue weighted by molar-refractivity contribution is 0.590. The van der Waals surface area contributed by atoms with Gasteiger partial charge in [0.2, 0.25) is 0 Å². The van der Waals surface area contributed by atoms with Gasteiger partial charge >= 0.3 is 0 Å². The maximum atomic E-state index is 2.65.